The topological polar surface area (TPSA) is 487 Å². The van der Waals surface area contributed by atoms with Crippen LogP contribution >= 0.6 is 0 Å². The number of benzene rings is 12. The summed E-state index contributed by atoms with van der Waals surface area (Å²) in [5.41, 5.74) is 13.5. The molecule has 0 radical (unpaired) electrons. The number of hydrogen-bond donors (Lipinski definition) is 15. The molecule has 0 saturated heterocycles. The van der Waals surface area contributed by atoms with Crippen LogP contribution < -0.4 is 38.7 Å². The Bertz CT molecular complexity index is 8350. The maximum atomic E-state index is 13.2. The molecule has 0 bridgehead atoms. The van der Waals surface area contributed by atoms with E-state index in [2.05, 4.69) is 76.5 Å². The Morgan fingerprint density at radius 3 is 0.837 bits per heavy atom. The standard InChI is InChI=1S/2C18H12FN5O2.C18H12FN3O2.C18H11FN2O2.C17H11F2NO2.C17H13NO2/c19-13-7-5-11(6-8-13)16-14(9-15(25)18(26)20-16)10-1-3-12(4-2-10)17-21-23-24-22-17;19-13-6-4-10(5-7-13)16-14(9-15(25)18(26)20-16)11-2-1-3-12(8-11)17-21-23-24-22-17;19-13-5-3-12(4-6-13)17-15(9-16(23)18(24)22-17)21-14-7-1-11(10-20)2-8-14;19-14-6-4-12(5-7-14)17-15(9-16(22)18(23)21-17)13-3-1-2-11(8-13)10-20;18-12-5-1-10(2-6-12)14-9-15(21)17(22)20-16(14)11-3-7-13(19)8-4-11;19-15-11-14(12-7-3-1-4-8-12)16(18-17(15)20)13-9-5-2-6-10-13/h2*1-9,25H,(H,20,26)(H,21,22,23,24);1-9,21,23H,(H,22,24);1-9,22H,(H,21,23);1-9,21H,(H,20,22);1-11,19H,(H,18,20). The summed E-state index contributed by atoms with van der Waals surface area (Å²) in [5.74, 6) is -3.80. The highest BCUT2D eigenvalue weighted by Gasteiger charge is 2.21. The third kappa shape index (κ3) is 23.5. The van der Waals surface area contributed by atoms with Crippen LogP contribution in [0, 0.1) is 57.6 Å². The van der Waals surface area contributed by atoms with E-state index in [4.69, 9.17) is 10.5 Å². The first-order valence-electron chi connectivity index (χ1n) is 42.1. The number of aromatic amines is 8. The molecule has 12 aromatic carbocycles. The van der Waals surface area contributed by atoms with Gasteiger partial charge in [0.05, 0.1) is 63.1 Å². The Labute approximate surface area is 791 Å². The zero-order valence-corrected chi connectivity index (χ0v) is 72.8. The smallest absolute Gasteiger partial charge is 0.290 e. The molecule has 35 heteroatoms. The van der Waals surface area contributed by atoms with Gasteiger partial charge in [0.25, 0.3) is 33.4 Å². The Morgan fingerprint density at radius 2 is 0.496 bits per heavy atom. The molecule has 20 aromatic rings. The summed E-state index contributed by atoms with van der Waals surface area (Å²) < 4.78 is 78.8. The van der Waals surface area contributed by atoms with Crippen LogP contribution in [0.2, 0.25) is 0 Å². The van der Waals surface area contributed by atoms with Crippen molar-refractivity contribution < 1.29 is 57.0 Å². The molecule has 0 spiro atoms. The average molecular weight is 1890 g/mol. The number of H-pyrrole nitrogens is 8. The van der Waals surface area contributed by atoms with Crippen LogP contribution in [0.1, 0.15) is 11.1 Å². The second-order valence-electron chi connectivity index (χ2n) is 30.5. The molecule has 8 heterocycles. The van der Waals surface area contributed by atoms with Crippen molar-refractivity contribution in [2.75, 3.05) is 5.32 Å². The van der Waals surface area contributed by atoms with Crippen molar-refractivity contribution in [3.8, 4) is 193 Å². The number of aromatic hydroxyl groups is 6. The zero-order valence-electron chi connectivity index (χ0n) is 72.8. The van der Waals surface area contributed by atoms with E-state index in [0.29, 0.717) is 135 Å². The number of hydrogen-bond acceptors (Lipinski definition) is 21. The van der Waals surface area contributed by atoms with Gasteiger partial charge in [0.15, 0.2) is 34.5 Å². The molecule has 8 aromatic heterocycles. The van der Waals surface area contributed by atoms with E-state index < -0.39 is 67.9 Å². The number of nitrogens with one attached hydrogen (secondary N) is 9. The van der Waals surface area contributed by atoms with E-state index in [0.717, 1.165) is 33.4 Å². The normalized spacial score (nSPS) is 10.5. The van der Waals surface area contributed by atoms with Crippen LogP contribution in [0.15, 0.2) is 368 Å². The number of pyridine rings is 6. The van der Waals surface area contributed by atoms with Crippen molar-refractivity contribution in [1.29, 1.82) is 10.5 Å². The highest BCUT2D eigenvalue weighted by Crippen LogP contribution is 2.40. The van der Waals surface area contributed by atoms with Crippen LogP contribution in [0.4, 0.5) is 37.7 Å². The van der Waals surface area contributed by atoms with Crippen molar-refractivity contribution in [2.24, 2.45) is 0 Å². The summed E-state index contributed by atoms with van der Waals surface area (Å²) in [7, 11) is 0. The number of halogens is 6. The summed E-state index contributed by atoms with van der Waals surface area (Å²) >= 11 is 0. The Kier molecular flexibility index (Phi) is 29.4. The molecular formula is C106H71F6N17O12. The van der Waals surface area contributed by atoms with Gasteiger partial charge in [0, 0.05) is 56.3 Å². The monoisotopic (exact) mass is 1890 g/mol. The molecule has 0 saturated carbocycles. The van der Waals surface area contributed by atoms with Gasteiger partial charge in [-0.3, -0.25) is 28.8 Å². The molecule has 0 aliphatic rings. The average Bonchev–Trinajstić information content (AvgIpc) is 1.75. The molecule has 0 aliphatic heterocycles. The molecule has 0 fully saturated rings. The number of aromatic nitrogens is 14. The van der Waals surface area contributed by atoms with Crippen molar-refractivity contribution in [3.05, 3.63) is 448 Å². The zero-order chi connectivity index (χ0) is 99.3. The lowest BCUT2D eigenvalue weighted by Crippen LogP contribution is -2.08. The van der Waals surface area contributed by atoms with Gasteiger partial charge in [-0.15, -0.1) is 20.4 Å². The molecule has 20 rings (SSSR count). The van der Waals surface area contributed by atoms with Gasteiger partial charge in [-0.05, 0) is 272 Å². The van der Waals surface area contributed by atoms with E-state index >= 15 is 0 Å². The van der Waals surface area contributed by atoms with E-state index in [1.807, 2.05) is 103 Å². The third-order valence-corrected chi connectivity index (χ3v) is 21.3. The molecule has 15 N–H and O–H groups in total. The van der Waals surface area contributed by atoms with Gasteiger partial charge >= 0.3 is 0 Å². The highest BCUT2D eigenvalue weighted by atomic mass is 19.1. The Hall–Kier alpha value is -20.4. The van der Waals surface area contributed by atoms with E-state index in [9.17, 15) is 85.7 Å². The van der Waals surface area contributed by atoms with Crippen molar-refractivity contribution >= 4 is 11.4 Å². The maximum Gasteiger partial charge on any atom is 0.290 e. The van der Waals surface area contributed by atoms with Crippen LogP contribution in [0.5, 0.6) is 34.5 Å². The fourth-order valence-electron chi connectivity index (χ4n) is 14.4. The fraction of sp³-hybridized carbons (Fsp3) is 0. The largest absolute Gasteiger partial charge is 0.503 e. The molecular weight excluding hydrogens is 1820 g/mol. The first kappa shape index (κ1) is 95.3. The summed E-state index contributed by atoms with van der Waals surface area (Å²) in [6, 6.07) is 93.5. The molecule has 29 nitrogen and oxygen atoms in total. The second-order valence-corrected chi connectivity index (χ2v) is 30.5. The molecule has 0 unspecified atom stereocenters. The number of nitrogens with zero attached hydrogens (tertiary/aromatic N) is 8. The minimum atomic E-state index is -0.648. The van der Waals surface area contributed by atoms with Gasteiger partial charge in [-0.2, -0.15) is 21.0 Å². The molecule has 0 atom stereocenters. The maximum absolute atomic E-state index is 13.2. The highest BCUT2D eigenvalue weighted by molar-refractivity contribution is 5.88. The lowest BCUT2D eigenvalue weighted by molar-refractivity contribution is 0.466. The van der Waals surface area contributed by atoms with Crippen LogP contribution in [0.3, 0.4) is 0 Å². The van der Waals surface area contributed by atoms with E-state index in [1.165, 1.54) is 158 Å². The lowest BCUT2D eigenvalue weighted by atomic mass is 9.97. The van der Waals surface area contributed by atoms with Crippen LogP contribution in [-0.4, -0.2) is 102 Å². The van der Waals surface area contributed by atoms with Gasteiger partial charge in [-0.25, -0.2) is 26.3 Å². The minimum absolute atomic E-state index is 0.275. The Morgan fingerprint density at radius 1 is 0.241 bits per heavy atom. The van der Waals surface area contributed by atoms with Gasteiger partial charge in [-0.1, -0.05) is 127 Å². The molecule has 694 valence electrons. The predicted octanol–water partition coefficient (Wildman–Crippen LogP) is 19.5. The first-order valence-corrected chi connectivity index (χ1v) is 42.1. The molecule has 0 aliphatic carbocycles. The number of tetrazole rings is 2. The number of anilines is 2. The minimum Gasteiger partial charge on any atom is -0.503 e. The molecule has 0 amide bonds. The van der Waals surface area contributed by atoms with Gasteiger partial charge < -0.3 is 65.9 Å². The predicted molar refractivity (Wildman–Crippen MR) is 517 cm³/mol. The summed E-state index contributed by atoms with van der Waals surface area (Å²) in [5, 5.41) is 107. The van der Waals surface area contributed by atoms with Crippen molar-refractivity contribution in [3.63, 3.8) is 0 Å². The van der Waals surface area contributed by atoms with E-state index in [-0.39, 0.29) is 34.8 Å². The fourth-order valence-corrected chi connectivity index (χ4v) is 14.4. The Balaban J connectivity index is 0.000000128. The van der Waals surface area contributed by atoms with Gasteiger partial charge in [0.2, 0.25) is 11.6 Å². The quantitative estimate of drug-likeness (QED) is 0.0424. The molecule has 141 heavy (non-hydrogen) atoms. The van der Waals surface area contributed by atoms with Crippen LogP contribution in [-0.2, 0) is 0 Å². The SMILES string of the molecule is N#Cc1ccc(Nc2cc(O)c(=O)[nH]c2-c2ccc(F)cc2)cc1.N#Cc1cccc(-c2cc(O)c(=O)[nH]c2-c2ccc(F)cc2)c1.O=c1[nH]c(-c2ccc(F)cc2)c(-c2ccc(-c3nn[nH]n3)cc2)cc1O.O=c1[nH]c(-c2ccc(F)cc2)c(-c2ccc(F)cc2)cc1O.O=c1[nH]c(-c2ccc(F)cc2)c(-c2cccc(-c3nn[nH]n3)c2)cc1O.O=c1[nH]c(-c2ccccc2)c(-c2ccccc2)cc1O. The van der Waals surface area contributed by atoms with Crippen molar-refractivity contribution in [2.45, 2.75) is 0 Å². The number of rotatable bonds is 15. The second kappa shape index (κ2) is 43.6. The summed E-state index contributed by atoms with van der Waals surface area (Å²) in [6.45, 7) is 0. The third-order valence-electron chi connectivity index (χ3n) is 21.3. The lowest BCUT2D eigenvalue weighted by Gasteiger charge is -2.13. The van der Waals surface area contributed by atoms with Crippen molar-refractivity contribution in [1.82, 2.24) is 71.2 Å². The van der Waals surface area contributed by atoms with E-state index in [1.54, 1.807) is 91.0 Å². The summed E-state index contributed by atoms with van der Waals surface area (Å²) in [4.78, 5) is 86.4. The van der Waals surface area contributed by atoms with Crippen LogP contribution in [0.25, 0.3) is 146 Å². The number of nitriles is 2. The first-order chi connectivity index (χ1) is 68.2. The summed E-state index contributed by atoms with van der Waals surface area (Å²) in [6.07, 6.45) is 0. The van der Waals surface area contributed by atoms with Gasteiger partial charge in [0.1, 0.15) is 34.9 Å².